The van der Waals surface area contributed by atoms with Gasteiger partial charge < -0.3 is 15.2 Å². The van der Waals surface area contributed by atoms with Crippen molar-refractivity contribution in [3.05, 3.63) is 47.2 Å². The summed E-state index contributed by atoms with van der Waals surface area (Å²) in [5.41, 5.74) is 0.919. The molecular formula is C20H25ClN4O4S. The number of sulfonamides is 1. The van der Waals surface area contributed by atoms with Gasteiger partial charge in [-0.15, -0.1) is 0 Å². The Bertz CT molecular complexity index is 1010. The number of carbonyl (C=O) groups excluding carboxylic acids is 2. The molecule has 0 unspecified atom stereocenters. The normalized spacial score (nSPS) is 14.6. The molecule has 0 radical (unpaired) electrons. The van der Waals surface area contributed by atoms with Gasteiger partial charge in [0.15, 0.2) is 0 Å². The Hall–Kier alpha value is -2.36. The van der Waals surface area contributed by atoms with E-state index in [2.05, 4.69) is 10.6 Å². The fourth-order valence-electron chi connectivity index (χ4n) is 3.28. The van der Waals surface area contributed by atoms with E-state index >= 15 is 0 Å². The molecule has 1 aromatic carbocycles. The van der Waals surface area contributed by atoms with Crippen molar-refractivity contribution in [3.8, 4) is 0 Å². The molecular weight excluding hydrogens is 428 g/mol. The summed E-state index contributed by atoms with van der Waals surface area (Å²) in [5.74, 6) is -0.539. The van der Waals surface area contributed by atoms with Gasteiger partial charge in [-0.05, 0) is 49.6 Å². The lowest BCUT2D eigenvalue weighted by atomic mass is 10.2. The molecule has 3 rings (SSSR count). The average molecular weight is 453 g/mol. The van der Waals surface area contributed by atoms with E-state index in [0.29, 0.717) is 36.8 Å². The third-order valence-corrected chi connectivity index (χ3v) is 7.03. The molecule has 1 fully saturated rings. The predicted octanol–water partition coefficient (Wildman–Crippen LogP) is 2.61. The van der Waals surface area contributed by atoms with Crippen LogP contribution in [0.15, 0.2) is 41.4 Å². The van der Waals surface area contributed by atoms with Crippen molar-refractivity contribution >= 4 is 39.1 Å². The van der Waals surface area contributed by atoms with Crippen LogP contribution in [-0.4, -0.2) is 48.7 Å². The molecule has 0 spiro atoms. The lowest BCUT2D eigenvalue weighted by Gasteiger charge is -2.13. The summed E-state index contributed by atoms with van der Waals surface area (Å²) in [6, 6.07) is 8.21. The SMILES string of the molecule is Cn1cc(S(=O)(=O)N2CCCC2)cc1C(=O)NCCCC(=O)Nc1ccc(Cl)cc1. The van der Waals surface area contributed by atoms with Crippen molar-refractivity contribution in [2.75, 3.05) is 25.0 Å². The highest BCUT2D eigenvalue weighted by Gasteiger charge is 2.29. The molecule has 162 valence electrons. The van der Waals surface area contributed by atoms with E-state index in [9.17, 15) is 18.0 Å². The summed E-state index contributed by atoms with van der Waals surface area (Å²) in [7, 11) is -1.94. The Morgan fingerprint density at radius 1 is 1.13 bits per heavy atom. The minimum Gasteiger partial charge on any atom is -0.351 e. The summed E-state index contributed by atoms with van der Waals surface area (Å²) in [5, 5.41) is 6.08. The molecule has 0 saturated carbocycles. The zero-order chi connectivity index (χ0) is 21.7. The monoisotopic (exact) mass is 452 g/mol. The van der Waals surface area contributed by atoms with E-state index < -0.39 is 10.0 Å². The second-order valence-corrected chi connectivity index (χ2v) is 9.57. The molecule has 2 heterocycles. The molecule has 0 bridgehead atoms. The van der Waals surface area contributed by atoms with Crippen molar-refractivity contribution in [1.82, 2.24) is 14.2 Å². The molecule has 1 saturated heterocycles. The third kappa shape index (κ3) is 5.41. The van der Waals surface area contributed by atoms with E-state index in [-0.39, 0.29) is 28.8 Å². The Labute approximate surface area is 181 Å². The molecule has 30 heavy (non-hydrogen) atoms. The van der Waals surface area contributed by atoms with Crippen molar-refractivity contribution in [2.24, 2.45) is 7.05 Å². The second kappa shape index (κ2) is 9.63. The summed E-state index contributed by atoms with van der Waals surface area (Å²) in [4.78, 5) is 24.5. The number of rotatable bonds is 8. The number of aromatic nitrogens is 1. The van der Waals surface area contributed by atoms with Crippen molar-refractivity contribution in [3.63, 3.8) is 0 Å². The summed E-state index contributed by atoms with van der Waals surface area (Å²) in [6.45, 7) is 1.32. The predicted molar refractivity (Wildman–Crippen MR) is 115 cm³/mol. The van der Waals surface area contributed by atoms with Crippen molar-refractivity contribution in [1.29, 1.82) is 0 Å². The lowest BCUT2D eigenvalue weighted by molar-refractivity contribution is -0.116. The summed E-state index contributed by atoms with van der Waals surface area (Å²) < 4.78 is 28.3. The molecule has 1 aromatic heterocycles. The van der Waals surface area contributed by atoms with Gasteiger partial charge in [0.1, 0.15) is 10.6 Å². The topological polar surface area (TPSA) is 101 Å². The highest BCUT2D eigenvalue weighted by atomic mass is 35.5. The molecule has 10 heteroatoms. The zero-order valence-electron chi connectivity index (χ0n) is 16.7. The van der Waals surface area contributed by atoms with Crippen molar-refractivity contribution < 1.29 is 18.0 Å². The van der Waals surface area contributed by atoms with Crippen LogP contribution in [0.1, 0.15) is 36.2 Å². The molecule has 8 nitrogen and oxygen atoms in total. The number of carbonyl (C=O) groups is 2. The molecule has 2 aromatic rings. The number of anilines is 1. The minimum absolute atomic E-state index is 0.124. The van der Waals surface area contributed by atoms with Crippen LogP contribution in [0.25, 0.3) is 0 Å². The molecule has 0 atom stereocenters. The average Bonchev–Trinajstić information content (AvgIpc) is 3.37. The maximum absolute atomic E-state index is 12.7. The number of nitrogens with one attached hydrogen (secondary N) is 2. The van der Waals surface area contributed by atoms with E-state index in [0.717, 1.165) is 12.8 Å². The van der Waals surface area contributed by atoms with E-state index in [1.807, 2.05) is 0 Å². The Morgan fingerprint density at radius 2 is 1.80 bits per heavy atom. The van der Waals surface area contributed by atoms with Gasteiger partial charge in [0.2, 0.25) is 15.9 Å². The number of hydrogen-bond donors (Lipinski definition) is 2. The van der Waals surface area contributed by atoms with Gasteiger partial charge in [0, 0.05) is 50.0 Å². The summed E-state index contributed by atoms with van der Waals surface area (Å²) >= 11 is 5.81. The minimum atomic E-state index is -3.57. The first kappa shape index (κ1) is 22.3. The Morgan fingerprint density at radius 3 is 2.47 bits per heavy atom. The first-order valence-electron chi connectivity index (χ1n) is 9.77. The quantitative estimate of drug-likeness (QED) is 0.601. The second-order valence-electron chi connectivity index (χ2n) is 7.20. The van der Waals surface area contributed by atoms with Gasteiger partial charge in [0.05, 0.1) is 0 Å². The van der Waals surface area contributed by atoms with E-state index in [1.165, 1.54) is 21.1 Å². The van der Waals surface area contributed by atoms with Crippen LogP contribution in [0.5, 0.6) is 0 Å². The molecule has 1 aliphatic rings. The van der Waals surface area contributed by atoms with Crippen LogP contribution < -0.4 is 10.6 Å². The van der Waals surface area contributed by atoms with E-state index in [4.69, 9.17) is 11.6 Å². The number of halogens is 1. The van der Waals surface area contributed by atoms with Gasteiger partial charge in [-0.2, -0.15) is 4.31 Å². The molecule has 2 N–H and O–H groups in total. The van der Waals surface area contributed by atoms with Gasteiger partial charge in [0.25, 0.3) is 5.91 Å². The fourth-order valence-corrected chi connectivity index (χ4v) is 4.99. The highest BCUT2D eigenvalue weighted by Crippen LogP contribution is 2.22. The molecule has 1 aliphatic heterocycles. The van der Waals surface area contributed by atoms with Crippen LogP contribution in [0, 0.1) is 0 Å². The first-order chi connectivity index (χ1) is 14.3. The number of aryl methyl sites for hydroxylation is 1. The van der Waals surface area contributed by atoms with Crippen molar-refractivity contribution in [2.45, 2.75) is 30.6 Å². The lowest BCUT2D eigenvalue weighted by Crippen LogP contribution is -2.28. The maximum atomic E-state index is 12.7. The van der Waals surface area contributed by atoms with Gasteiger partial charge in [-0.3, -0.25) is 9.59 Å². The third-order valence-electron chi connectivity index (χ3n) is 4.91. The number of nitrogens with zero attached hydrogens (tertiary/aromatic N) is 2. The van der Waals surface area contributed by atoms with Gasteiger partial charge in [-0.25, -0.2) is 8.42 Å². The van der Waals surface area contributed by atoms with Crippen LogP contribution in [0.4, 0.5) is 5.69 Å². The van der Waals surface area contributed by atoms with Crippen LogP contribution in [0.3, 0.4) is 0 Å². The number of hydrogen-bond acceptors (Lipinski definition) is 4. The number of amides is 2. The number of benzene rings is 1. The Kier molecular flexibility index (Phi) is 7.17. The largest absolute Gasteiger partial charge is 0.351 e. The van der Waals surface area contributed by atoms with Gasteiger partial charge >= 0.3 is 0 Å². The highest BCUT2D eigenvalue weighted by molar-refractivity contribution is 7.89. The smallest absolute Gasteiger partial charge is 0.267 e. The first-order valence-corrected chi connectivity index (χ1v) is 11.6. The maximum Gasteiger partial charge on any atom is 0.267 e. The Balaban J connectivity index is 1.48. The molecule has 0 aliphatic carbocycles. The van der Waals surface area contributed by atoms with Gasteiger partial charge in [-0.1, -0.05) is 11.6 Å². The van der Waals surface area contributed by atoms with Crippen LogP contribution in [0.2, 0.25) is 5.02 Å². The summed E-state index contributed by atoms with van der Waals surface area (Å²) in [6.07, 6.45) is 3.86. The van der Waals surface area contributed by atoms with Crippen LogP contribution in [-0.2, 0) is 21.9 Å². The zero-order valence-corrected chi connectivity index (χ0v) is 18.3. The standard InChI is InChI=1S/C20H25ClN4O4S/c1-24-14-17(30(28,29)25-11-2-3-12-25)13-18(24)20(27)22-10-4-5-19(26)23-16-8-6-15(21)7-9-16/h6-9,13-14H,2-5,10-12H2,1H3,(H,22,27)(H,23,26). The van der Waals surface area contributed by atoms with E-state index in [1.54, 1.807) is 31.3 Å². The fraction of sp³-hybridized carbons (Fsp3) is 0.400. The molecule has 2 amide bonds. The van der Waals surface area contributed by atoms with Crippen LogP contribution >= 0.6 is 11.6 Å².